The number of ether oxygens (including phenoxy) is 3. The van der Waals surface area contributed by atoms with Gasteiger partial charge in [0, 0.05) is 23.5 Å². The number of amides is 1. The van der Waals surface area contributed by atoms with Gasteiger partial charge in [0.2, 0.25) is 0 Å². The van der Waals surface area contributed by atoms with Gasteiger partial charge in [-0.25, -0.2) is 4.79 Å². The molecule has 2 unspecified atom stereocenters. The SMILES string of the molecule is C=CCOC(=O)N1c2cc(OCCCCCI)c(OC)cc2C(=O)C2C=C(C)C[C@H]2C1O[Si](C)(C)C(C)(C)C. The smallest absolute Gasteiger partial charge is 0.416 e. The van der Waals surface area contributed by atoms with Crippen LogP contribution in [0.15, 0.2) is 36.4 Å². The molecular weight excluding hydrogens is 625 g/mol. The zero-order valence-corrected chi connectivity index (χ0v) is 27.6. The second-order valence-corrected chi connectivity index (χ2v) is 17.7. The van der Waals surface area contributed by atoms with Gasteiger partial charge in [0.25, 0.3) is 0 Å². The number of alkyl halides is 1. The van der Waals surface area contributed by atoms with Gasteiger partial charge in [-0.3, -0.25) is 9.69 Å². The molecule has 3 atom stereocenters. The number of allylic oxidation sites excluding steroid dienone is 2. The van der Waals surface area contributed by atoms with Crippen LogP contribution in [0.3, 0.4) is 0 Å². The second-order valence-electron chi connectivity index (χ2n) is 11.9. The summed E-state index contributed by atoms with van der Waals surface area (Å²) in [6.45, 7) is 17.1. The number of ketones is 1. The molecule has 1 aromatic carbocycles. The Hall–Kier alpha value is -1.85. The van der Waals surface area contributed by atoms with E-state index in [-0.39, 0.29) is 23.3 Å². The molecule has 0 fully saturated rings. The Morgan fingerprint density at radius 2 is 1.92 bits per heavy atom. The van der Waals surface area contributed by atoms with Crippen molar-refractivity contribution in [3.05, 3.63) is 42.0 Å². The summed E-state index contributed by atoms with van der Waals surface area (Å²) >= 11 is 2.38. The van der Waals surface area contributed by atoms with Crippen LogP contribution in [0.4, 0.5) is 10.5 Å². The highest BCUT2D eigenvalue weighted by molar-refractivity contribution is 14.1. The van der Waals surface area contributed by atoms with Crippen molar-refractivity contribution in [1.82, 2.24) is 0 Å². The van der Waals surface area contributed by atoms with Crippen LogP contribution in [0.5, 0.6) is 11.5 Å². The normalized spacial score (nSPS) is 21.0. The molecule has 0 saturated heterocycles. The van der Waals surface area contributed by atoms with Gasteiger partial charge in [0.05, 0.1) is 19.4 Å². The zero-order chi connectivity index (χ0) is 29.0. The first kappa shape index (κ1) is 31.7. The standard InChI is InChI=1S/C30H44INO6Si/c1-9-14-37-29(34)32-24-19-26(36-15-12-10-11-13-31)25(35-6)18-23(24)27(33)21-16-20(2)17-22(21)28(32)38-39(7,8)30(3,4)5/h9,16,18-19,21-22,28H,1,10-15,17H2,2-8H3/t21?,22-,28?/m1/s1. The van der Waals surface area contributed by atoms with Gasteiger partial charge in [-0.15, -0.1) is 0 Å². The van der Waals surface area contributed by atoms with E-state index in [9.17, 15) is 9.59 Å². The summed E-state index contributed by atoms with van der Waals surface area (Å²) in [6.07, 6.45) is 6.06. The number of carbonyl (C=O) groups is 2. The Morgan fingerprint density at radius 3 is 2.54 bits per heavy atom. The van der Waals surface area contributed by atoms with Gasteiger partial charge >= 0.3 is 6.09 Å². The molecule has 1 aliphatic heterocycles. The Morgan fingerprint density at radius 1 is 1.21 bits per heavy atom. The van der Waals surface area contributed by atoms with Crippen molar-refractivity contribution in [3.63, 3.8) is 0 Å². The number of fused-ring (bicyclic) bond motifs is 2. The molecule has 0 radical (unpaired) electrons. The molecule has 9 heteroatoms. The number of Topliss-reactive ketones (excluding diaryl/α,β-unsaturated/α-hetero) is 1. The van der Waals surface area contributed by atoms with E-state index in [0.29, 0.717) is 35.8 Å². The predicted octanol–water partition coefficient (Wildman–Crippen LogP) is 7.93. The van der Waals surface area contributed by atoms with Crippen molar-refractivity contribution in [2.45, 2.75) is 77.7 Å². The number of hydrogen-bond donors (Lipinski definition) is 0. The van der Waals surface area contributed by atoms with Crippen molar-refractivity contribution >= 4 is 48.5 Å². The van der Waals surface area contributed by atoms with E-state index in [4.69, 9.17) is 18.6 Å². The first-order valence-corrected chi connectivity index (χ1v) is 18.2. The molecule has 1 heterocycles. The van der Waals surface area contributed by atoms with Crippen LogP contribution in [-0.4, -0.2) is 51.2 Å². The van der Waals surface area contributed by atoms with E-state index in [2.05, 4.69) is 63.0 Å². The van der Waals surface area contributed by atoms with Crippen molar-refractivity contribution < 1.29 is 28.2 Å². The number of benzene rings is 1. The van der Waals surface area contributed by atoms with Crippen LogP contribution in [0, 0.1) is 11.8 Å². The van der Waals surface area contributed by atoms with Crippen LogP contribution in [-0.2, 0) is 9.16 Å². The Balaban J connectivity index is 2.18. The fraction of sp³-hybridized carbons (Fsp3) is 0.600. The van der Waals surface area contributed by atoms with Crippen LogP contribution in [0.2, 0.25) is 18.1 Å². The molecule has 1 amide bonds. The Bertz CT molecular complexity index is 1100. The lowest BCUT2D eigenvalue weighted by atomic mass is 9.88. The number of carbonyl (C=O) groups excluding carboxylic acids is 2. The first-order chi connectivity index (χ1) is 18.4. The van der Waals surface area contributed by atoms with Gasteiger partial charge < -0.3 is 18.6 Å². The molecule has 0 bridgehead atoms. The minimum absolute atomic E-state index is 0.0487. The van der Waals surface area contributed by atoms with Crippen molar-refractivity contribution in [3.8, 4) is 11.5 Å². The molecule has 0 spiro atoms. The third-order valence-corrected chi connectivity index (χ3v) is 13.2. The summed E-state index contributed by atoms with van der Waals surface area (Å²) in [5.41, 5.74) is 1.95. The number of halogens is 1. The topological polar surface area (TPSA) is 74.3 Å². The zero-order valence-electron chi connectivity index (χ0n) is 24.5. The largest absolute Gasteiger partial charge is 0.493 e. The number of methoxy groups -OCH3 is 1. The summed E-state index contributed by atoms with van der Waals surface area (Å²) < 4.78 is 25.5. The van der Waals surface area contributed by atoms with Gasteiger partial charge in [0.1, 0.15) is 12.8 Å². The van der Waals surface area contributed by atoms with Gasteiger partial charge in [-0.05, 0) is 61.2 Å². The fourth-order valence-electron chi connectivity index (χ4n) is 4.85. The molecule has 0 N–H and O–H groups in total. The summed E-state index contributed by atoms with van der Waals surface area (Å²) in [7, 11) is -0.821. The first-order valence-electron chi connectivity index (χ1n) is 13.7. The molecule has 0 aromatic heterocycles. The summed E-state index contributed by atoms with van der Waals surface area (Å²) in [5, 5.41) is -0.106. The molecule has 7 nitrogen and oxygen atoms in total. The number of nitrogens with zero attached hydrogens (tertiary/aromatic N) is 1. The fourth-order valence-corrected chi connectivity index (χ4v) is 6.62. The number of hydrogen-bond acceptors (Lipinski definition) is 6. The average Bonchev–Trinajstić information content (AvgIpc) is 3.23. The van der Waals surface area contributed by atoms with E-state index >= 15 is 0 Å². The highest BCUT2D eigenvalue weighted by Gasteiger charge is 2.51. The van der Waals surface area contributed by atoms with E-state index in [1.165, 1.54) is 6.08 Å². The highest BCUT2D eigenvalue weighted by atomic mass is 127. The number of unbranched alkanes of at least 4 members (excludes halogenated alkanes) is 2. The lowest BCUT2D eigenvalue weighted by Gasteiger charge is -2.44. The molecule has 216 valence electrons. The van der Waals surface area contributed by atoms with Crippen molar-refractivity contribution in [2.24, 2.45) is 11.8 Å². The maximum atomic E-state index is 14.1. The van der Waals surface area contributed by atoms with Gasteiger partial charge in [-0.2, -0.15) is 0 Å². The van der Waals surface area contributed by atoms with E-state index < -0.39 is 26.6 Å². The quantitative estimate of drug-likeness (QED) is 0.0784. The van der Waals surface area contributed by atoms with Crippen LogP contribution in [0.25, 0.3) is 0 Å². The molecule has 2 aliphatic rings. The molecule has 3 rings (SSSR count). The Kier molecular flexibility index (Phi) is 10.7. The molecule has 1 aliphatic carbocycles. The lowest BCUT2D eigenvalue weighted by Crippen LogP contribution is -2.54. The third kappa shape index (κ3) is 7.08. The predicted molar refractivity (Wildman–Crippen MR) is 167 cm³/mol. The summed E-state index contributed by atoms with van der Waals surface area (Å²) in [4.78, 5) is 29.4. The van der Waals surface area contributed by atoms with Crippen LogP contribution in [0.1, 0.15) is 63.7 Å². The number of anilines is 1. The van der Waals surface area contributed by atoms with Crippen LogP contribution < -0.4 is 14.4 Å². The number of rotatable bonds is 11. The van der Waals surface area contributed by atoms with Crippen LogP contribution >= 0.6 is 22.6 Å². The van der Waals surface area contributed by atoms with E-state index in [0.717, 1.165) is 29.3 Å². The lowest BCUT2D eigenvalue weighted by molar-refractivity contribution is 0.0717. The molecular formula is C30H44INO6Si. The van der Waals surface area contributed by atoms with Gasteiger partial charge in [0.15, 0.2) is 25.6 Å². The Labute approximate surface area is 248 Å². The maximum absolute atomic E-state index is 14.1. The van der Waals surface area contributed by atoms with Crippen molar-refractivity contribution in [1.29, 1.82) is 0 Å². The molecule has 39 heavy (non-hydrogen) atoms. The molecule has 1 aromatic rings. The second kappa shape index (κ2) is 13.2. The van der Waals surface area contributed by atoms with Crippen molar-refractivity contribution in [2.75, 3.05) is 29.7 Å². The minimum Gasteiger partial charge on any atom is -0.493 e. The molecule has 0 saturated carbocycles. The summed E-state index contributed by atoms with van der Waals surface area (Å²) in [5.74, 6) is 0.250. The average molecular weight is 670 g/mol. The maximum Gasteiger partial charge on any atom is 0.416 e. The van der Waals surface area contributed by atoms with E-state index in [1.807, 2.05) is 13.0 Å². The van der Waals surface area contributed by atoms with E-state index in [1.54, 1.807) is 24.1 Å². The monoisotopic (exact) mass is 669 g/mol. The van der Waals surface area contributed by atoms with Gasteiger partial charge in [-0.1, -0.05) is 67.7 Å². The minimum atomic E-state index is -2.38. The summed E-state index contributed by atoms with van der Waals surface area (Å²) in [6, 6.07) is 3.46. The third-order valence-electron chi connectivity index (χ3n) is 7.99. The highest BCUT2D eigenvalue weighted by Crippen LogP contribution is 2.49.